The molecule has 0 aliphatic carbocycles. The lowest BCUT2D eigenvalue weighted by atomic mass is 10.1. The number of ether oxygens (including phenoxy) is 1. The summed E-state index contributed by atoms with van der Waals surface area (Å²) >= 11 is 11.8. The molecule has 2 N–H and O–H groups in total. The maximum atomic E-state index is 12.1. The number of benzene rings is 2. The van der Waals surface area contributed by atoms with Gasteiger partial charge in [0.25, 0.3) is 5.91 Å². The van der Waals surface area contributed by atoms with Crippen molar-refractivity contribution < 1.29 is 14.3 Å². The second-order valence-corrected chi connectivity index (χ2v) is 6.74. The molecule has 0 fully saturated rings. The highest BCUT2D eigenvalue weighted by Gasteiger charge is 2.17. The maximum Gasteiger partial charge on any atom is 0.279 e. The third kappa shape index (κ3) is 5.38. The molecule has 5 nitrogen and oxygen atoms in total. The van der Waals surface area contributed by atoms with Gasteiger partial charge in [-0.3, -0.25) is 20.4 Å². The molecule has 0 aromatic heterocycles. The summed E-state index contributed by atoms with van der Waals surface area (Å²) in [4.78, 5) is 24.1. The summed E-state index contributed by atoms with van der Waals surface area (Å²) in [5.41, 5.74) is 7.45. The third-order valence-corrected chi connectivity index (χ3v) is 4.64. The summed E-state index contributed by atoms with van der Waals surface area (Å²) in [6.45, 7) is 5.51. The predicted octanol–water partition coefficient (Wildman–Crippen LogP) is 3.77. The van der Waals surface area contributed by atoms with Crippen molar-refractivity contribution in [3.8, 4) is 5.75 Å². The Kier molecular flexibility index (Phi) is 6.89. The number of carbonyl (C=O) groups excluding carboxylic acids is 2. The molecule has 0 heterocycles. The van der Waals surface area contributed by atoms with Gasteiger partial charge in [0.2, 0.25) is 5.91 Å². The maximum absolute atomic E-state index is 12.1. The van der Waals surface area contributed by atoms with Gasteiger partial charge in [-0.2, -0.15) is 0 Å². The fraction of sp³-hybridized carbons (Fsp3) is 0.263. The van der Waals surface area contributed by atoms with Crippen molar-refractivity contribution in [1.82, 2.24) is 10.9 Å². The van der Waals surface area contributed by atoms with E-state index in [4.69, 9.17) is 27.9 Å². The smallest absolute Gasteiger partial charge is 0.279 e. The van der Waals surface area contributed by atoms with Gasteiger partial charge < -0.3 is 4.74 Å². The highest BCUT2D eigenvalue weighted by Crippen LogP contribution is 2.23. The SMILES string of the molecule is Cc1cccc(OC(C)C(=O)NNC(=O)Cc2ccc(Cl)c(Cl)c2)c1C. The van der Waals surface area contributed by atoms with Gasteiger partial charge in [-0.15, -0.1) is 0 Å². The van der Waals surface area contributed by atoms with Crippen LogP contribution < -0.4 is 15.6 Å². The summed E-state index contributed by atoms with van der Waals surface area (Å²) in [6, 6.07) is 10.6. The largest absolute Gasteiger partial charge is 0.481 e. The summed E-state index contributed by atoms with van der Waals surface area (Å²) in [6.07, 6.45) is -0.704. The topological polar surface area (TPSA) is 67.4 Å². The zero-order chi connectivity index (χ0) is 19.3. The van der Waals surface area contributed by atoms with Gasteiger partial charge in [0.05, 0.1) is 16.5 Å². The first kappa shape index (κ1) is 20.1. The van der Waals surface area contributed by atoms with Crippen molar-refractivity contribution in [1.29, 1.82) is 0 Å². The Hall–Kier alpha value is -2.24. The number of nitrogens with one attached hydrogen (secondary N) is 2. The van der Waals surface area contributed by atoms with Crippen LogP contribution in [0.3, 0.4) is 0 Å². The predicted molar refractivity (Wildman–Crippen MR) is 102 cm³/mol. The Bertz CT molecular complexity index is 824. The molecule has 0 aliphatic rings. The molecule has 0 spiro atoms. The highest BCUT2D eigenvalue weighted by atomic mass is 35.5. The third-order valence-electron chi connectivity index (χ3n) is 3.90. The van der Waals surface area contributed by atoms with Gasteiger partial charge in [0, 0.05) is 0 Å². The number of hydrazine groups is 1. The van der Waals surface area contributed by atoms with Crippen LogP contribution in [0.15, 0.2) is 36.4 Å². The van der Waals surface area contributed by atoms with E-state index in [9.17, 15) is 9.59 Å². The molecule has 0 aliphatic heterocycles. The normalized spacial score (nSPS) is 11.6. The molecule has 0 saturated heterocycles. The Morgan fingerprint density at radius 1 is 1.08 bits per heavy atom. The van der Waals surface area contributed by atoms with E-state index in [1.807, 2.05) is 26.0 Å². The quantitative estimate of drug-likeness (QED) is 0.758. The Morgan fingerprint density at radius 3 is 2.50 bits per heavy atom. The summed E-state index contributed by atoms with van der Waals surface area (Å²) in [7, 11) is 0. The van der Waals surface area contributed by atoms with Crippen LogP contribution in [0.5, 0.6) is 5.75 Å². The highest BCUT2D eigenvalue weighted by molar-refractivity contribution is 6.42. The average Bonchev–Trinajstić information content (AvgIpc) is 2.60. The Labute approximate surface area is 162 Å². The summed E-state index contributed by atoms with van der Waals surface area (Å²) in [5, 5.41) is 0.790. The first-order valence-corrected chi connectivity index (χ1v) is 8.79. The van der Waals surface area contributed by atoms with Gasteiger partial charge in [0.1, 0.15) is 5.75 Å². The molecule has 0 radical (unpaired) electrons. The number of halogens is 2. The summed E-state index contributed by atoms with van der Waals surface area (Å²) in [5.74, 6) is -0.196. The molecule has 2 aromatic rings. The van der Waals surface area contributed by atoms with Crippen LogP contribution in [0.1, 0.15) is 23.6 Å². The molecular weight excluding hydrogens is 375 g/mol. The van der Waals surface area contributed by atoms with Crippen molar-refractivity contribution in [3.05, 3.63) is 63.1 Å². The fourth-order valence-corrected chi connectivity index (χ4v) is 2.53. The second-order valence-electron chi connectivity index (χ2n) is 5.92. The lowest BCUT2D eigenvalue weighted by Crippen LogP contribution is -2.47. The lowest BCUT2D eigenvalue weighted by Gasteiger charge is -2.17. The molecule has 0 saturated carbocycles. The molecule has 7 heteroatoms. The minimum atomic E-state index is -0.763. The minimum absolute atomic E-state index is 0.0589. The zero-order valence-corrected chi connectivity index (χ0v) is 16.2. The number of hydrogen-bond donors (Lipinski definition) is 2. The number of aryl methyl sites for hydroxylation is 1. The van der Waals surface area contributed by atoms with Crippen molar-refractivity contribution in [2.45, 2.75) is 33.3 Å². The second kappa shape index (κ2) is 8.92. The standard InChI is InChI=1S/C19H20Cl2N2O3/c1-11-5-4-6-17(12(11)2)26-13(3)19(25)23-22-18(24)10-14-7-8-15(20)16(21)9-14/h4-9,13H,10H2,1-3H3,(H,22,24)(H,23,25). The van der Waals surface area contributed by atoms with E-state index in [2.05, 4.69) is 10.9 Å². The molecule has 138 valence electrons. The monoisotopic (exact) mass is 394 g/mol. The average molecular weight is 395 g/mol. The van der Waals surface area contributed by atoms with Crippen LogP contribution in [0, 0.1) is 13.8 Å². The molecule has 1 atom stereocenters. The molecule has 2 rings (SSSR count). The van der Waals surface area contributed by atoms with Crippen molar-refractivity contribution in [3.63, 3.8) is 0 Å². The molecule has 0 bridgehead atoms. The van der Waals surface area contributed by atoms with Crippen LogP contribution in [0.25, 0.3) is 0 Å². The van der Waals surface area contributed by atoms with Crippen LogP contribution >= 0.6 is 23.2 Å². The first-order chi connectivity index (χ1) is 12.3. The van der Waals surface area contributed by atoms with E-state index in [-0.39, 0.29) is 12.3 Å². The van der Waals surface area contributed by atoms with E-state index >= 15 is 0 Å². The minimum Gasteiger partial charge on any atom is -0.481 e. The number of carbonyl (C=O) groups is 2. The van der Waals surface area contributed by atoms with E-state index < -0.39 is 12.0 Å². The van der Waals surface area contributed by atoms with Crippen LogP contribution in [-0.4, -0.2) is 17.9 Å². The Morgan fingerprint density at radius 2 is 1.81 bits per heavy atom. The van der Waals surface area contributed by atoms with Crippen LogP contribution in [0.2, 0.25) is 10.0 Å². The zero-order valence-electron chi connectivity index (χ0n) is 14.7. The molecule has 26 heavy (non-hydrogen) atoms. The van der Waals surface area contributed by atoms with Crippen molar-refractivity contribution in [2.24, 2.45) is 0 Å². The number of amides is 2. The lowest BCUT2D eigenvalue weighted by molar-refractivity contribution is -0.132. The van der Waals surface area contributed by atoms with E-state index in [1.165, 1.54) is 0 Å². The number of rotatable bonds is 5. The number of hydrogen-bond acceptors (Lipinski definition) is 3. The molecule has 2 amide bonds. The van der Waals surface area contributed by atoms with Gasteiger partial charge in [-0.1, -0.05) is 41.4 Å². The van der Waals surface area contributed by atoms with E-state index in [0.717, 1.165) is 11.1 Å². The van der Waals surface area contributed by atoms with Crippen molar-refractivity contribution in [2.75, 3.05) is 0 Å². The summed E-state index contributed by atoms with van der Waals surface area (Å²) < 4.78 is 5.67. The Balaban J connectivity index is 1.85. The first-order valence-electron chi connectivity index (χ1n) is 8.03. The van der Waals surface area contributed by atoms with Gasteiger partial charge in [0.15, 0.2) is 6.10 Å². The van der Waals surface area contributed by atoms with Crippen LogP contribution in [0.4, 0.5) is 0 Å². The van der Waals surface area contributed by atoms with Crippen LogP contribution in [-0.2, 0) is 16.0 Å². The molecule has 1 unspecified atom stereocenters. The van der Waals surface area contributed by atoms with Gasteiger partial charge in [-0.05, 0) is 55.7 Å². The van der Waals surface area contributed by atoms with Gasteiger partial charge in [-0.25, -0.2) is 0 Å². The van der Waals surface area contributed by atoms with E-state index in [1.54, 1.807) is 31.2 Å². The van der Waals surface area contributed by atoms with Gasteiger partial charge >= 0.3 is 0 Å². The fourth-order valence-electron chi connectivity index (χ4n) is 2.21. The molecule has 2 aromatic carbocycles. The molecular formula is C19H20Cl2N2O3. The van der Waals surface area contributed by atoms with Crippen molar-refractivity contribution >= 4 is 35.0 Å². The van der Waals surface area contributed by atoms with E-state index in [0.29, 0.717) is 21.4 Å².